The van der Waals surface area contributed by atoms with E-state index in [9.17, 15) is 0 Å². The third-order valence-corrected chi connectivity index (χ3v) is 4.25. The van der Waals surface area contributed by atoms with Crippen LogP contribution in [0, 0.1) is 0 Å². The van der Waals surface area contributed by atoms with E-state index in [2.05, 4.69) is 6.07 Å². The first-order chi connectivity index (χ1) is 10.3. The summed E-state index contributed by atoms with van der Waals surface area (Å²) in [5.74, 6) is 0.877. The first-order valence-corrected chi connectivity index (χ1v) is 8.01. The second-order valence-corrected chi connectivity index (χ2v) is 5.76. The summed E-state index contributed by atoms with van der Waals surface area (Å²) in [6.45, 7) is 3.93. The lowest BCUT2D eigenvalue weighted by atomic mass is 10.1. The highest BCUT2D eigenvalue weighted by atomic mass is 32.1. The standard InChI is InChI=1S/C16H22N2O2S/c1-3-20-13-7-5-4-6-12(13)16-14(8-10-17)21-15(18-16)9-11-19-2/h4-7H,3,8-11,17H2,1-2H3. The van der Waals surface area contributed by atoms with Gasteiger partial charge in [-0.2, -0.15) is 0 Å². The maximum Gasteiger partial charge on any atom is 0.128 e. The lowest BCUT2D eigenvalue weighted by molar-refractivity contribution is 0.202. The topological polar surface area (TPSA) is 57.4 Å². The zero-order chi connectivity index (χ0) is 15.1. The van der Waals surface area contributed by atoms with Crippen LogP contribution >= 0.6 is 11.3 Å². The molecule has 0 saturated heterocycles. The van der Waals surface area contributed by atoms with Crippen molar-refractivity contribution >= 4 is 11.3 Å². The number of methoxy groups -OCH3 is 1. The Balaban J connectivity index is 2.38. The van der Waals surface area contributed by atoms with Gasteiger partial charge in [0.2, 0.25) is 0 Å². The van der Waals surface area contributed by atoms with Gasteiger partial charge in [0.25, 0.3) is 0 Å². The summed E-state index contributed by atoms with van der Waals surface area (Å²) in [6, 6.07) is 8.03. The van der Waals surface area contributed by atoms with Gasteiger partial charge >= 0.3 is 0 Å². The molecular weight excluding hydrogens is 284 g/mol. The van der Waals surface area contributed by atoms with E-state index in [0.717, 1.165) is 34.9 Å². The molecule has 0 amide bonds. The SMILES string of the molecule is CCOc1ccccc1-c1nc(CCOC)sc1CCN. The fraction of sp³-hybridized carbons (Fsp3) is 0.438. The van der Waals surface area contributed by atoms with Crippen LogP contribution in [-0.2, 0) is 17.6 Å². The molecule has 0 unspecified atom stereocenters. The van der Waals surface area contributed by atoms with Gasteiger partial charge < -0.3 is 15.2 Å². The van der Waals surface area contributed by atoms with Gasteiger partial charge in [-0.3, -0.25) is 0 Å². The highest BCUT2D eigenvalue weighted by Gasteiger charge is 2.16. The zero-order valence-corrected chi connectivity index (χ0v) is 13.4. The minimum atomic E-state index is 0.621. The van der Waals surface area contributed by atoms with Crippen molar-refractivity contribution in [1.82, 2.24) is 4.98 Å². The first kappa shape index (κ1) is 15.9. The van der Waals surface area contributed by atoms with E-state index in [4.69, 9.17) is 20.2 Å². The molecule has 0 aliphatic rings. The summed E-state index contributed by atoms with van der Waals surface area (Å²) in [4.78, 5) is 6.00. The second kappa shape index (κ2) is 8.12. The largest absolute Gasteiger partial charge is 0.493 e. The monoisotopic (exact) mass is 306 g/mol. The molecule has 4 nitrogen and oxygen atoms in total. The van der Waals surface area contributed by atoms with E-state index in [-0.39, 0.29) is 0 Å². The summed E-state index contributed by atoms with van der Waals surface area (Å²) in [5, 5.41) is 1.08. The molecule has 1 heterocycles. The normalized spacial score (nSPS) is 10.8. The van der Waals surface area contributed by atoms with Crippen molar-refractivity contribution in [2.45, 2.75) is 19.8 Å². The van der Waals surface area contributed by atoms with Crippen molar-refractivity contribution in [3.8, 4) is 17.0 Å². The Hall–Kier alpha value is -1.43. The van der Waals surface area contributed by atoms with Gasteiger partial charge in [0, 0.05) is 24.0 Å². The molecule has 0 fully saturated rings. The molecule has 0 atom stereocenters. The minimum Gasteiger partial charge on any atom is -0.493 e. The molecule has 1 aromatic carbocycles. The van der Waals surface area contributed by atoms with Crippen LogP contribution in [0.3, 0.4) is 0 Å². The smallest absolute Gasteiger partial charge is 0.128 e. The highest BCUT2D eigenvalue weighted by molar-refractivity contribution is 7.12. The average Bonchev–Trinajstić information content (AvgIpc) is 2.89. The Morgan fingerprint density at radius 3 is 2.76 bits per heavy atom. The molecule has 0 radical (unpaired) electrons. The summed E-state index contributed by atoms with van der Waals surface area (Å²) < 4.78 is 10.9. The number of rotatable bonds is 8. The maximum absolute atomic E-state index is 5.74. The van der Waals surface area contributed by atoms with Crippen molar-refractivity contribution in [1.29, 1.82) is 0 Å². The molecule has 2 aromatic rings. The van der Waals surface area contributed by atoms with Crippen molar-refractivity contribution in [3.05, 3.63) is 34.2 Å². The van der Waals surface area contributed by atoms with Gasteiger partial charge in [0.15, 0.2) is 0 Å². The van der Waals surface area contributed by atoms with Crippen LogP contribution in [0.2, 0.25) is 0 Å². The molecule has 0 saturated carbocycles. The molecule has 0 spiro atoms. The Labute approximate surface area is 129 Å². The lowest BCUT2D eigenvalue weighted by Gasteiger charge is -2.09. The molecule has 0 aliphatic carbocycles. The Morgan fingerprint density at radius 1 is 1.24 bits per heavy atom. The number of hydrogen-bond donors (Lipinski definition) is 1. The molecule has 2 rings (SSSR count). The number of aromatic nitrogens is 1. The molecule has 0 bridgehead atoms. The number of para-hydroxylation sites is 1. The zero-order valence-electron chi connectivity index (χ0n) is 12.6. The van der Waals surface area contributed by atoms with Gasteiger partial charge in [-0.05, 0) is 32.0 Å². The Bertz CT molecular complexity index is 569. The maximum atomic E-state index is 5.74. The second-order valence-electron chi connectivity index (χ2n) is 4.59. The predicted octanol–water partition coefficient (Wildman–Crippen LogP) is 2.90. The highest BCUT2D eigenvalue weighted by Crippen LogP contribution is 2.35. The molecule has 2 N–H and O–H groups in total. The number of hydrogen-bond acceptors (Lipinski definition) is 5. The van der Waals surface area contributed by atoms with E-state index in [1.54, 1.807) is 18.4 Å². The van der Waals surface area contributed by atoms with E-state index in [0.29, 0.717) is 19.8 Å². The Morgan fingerprint density at radius 2 is 2.05 bits per heavy atom. The van der Waals surface area contributed by atoms with E-state index in [1.807, 2.05) is 25.1 Å². The van der Waals surface area contributed by atoms with Crippen LogP contribution < -0.4 is 10.5 Å². The molecular formula is C16H22N2O2S. The van der Waals surface area contributed by atoms with Gasteiger partial charge in [0.1, 0.15) is 5.75 Å². The Kier molecular flexibility index (Phi) is 6.17. The number of nitrogens with two attached hydrogens (primary N) is 1. The van der Waals surface area contributed by atoms with Crippen LogP contribution in [-0.4, -0.2) is 31.9 Å². The van der Waals surface area contributed by atoms with Gasteiger partial charge in [0.05, 0.1) is 23.9 Å². The fourth-order valence-corrected chi connectivity index (χ4v) is 3.23. The third-order valence-electron chi connectivity index (χ3n) is 3.08. The minimum absolute atomic E-state index is 0.621. The quantitative estimate of drug-likeness (QED) is 0.814. The molecule has 1 aromatic heterocycles. The molecule has 21 heavy (non-hydrogen) atoms. The van der Waals surface area contributed by atoms with Gasteiger partial charge in [-0.25, -0.2) is 4.98 Å². The van der Waals surface area contributed by atoms with E-state index >= 15 is 0 Å². The first-order valence-electron chi connectivity index (χ1n) is 7.19. The van der Waals surface area contributed by atoms with E-state index in [1.165, 1.54) is 4.88 Å². The van der Waals surface area contributed by atoms with Crippen molar-refractivity contribution in [2.75, 3.05) is 26.9 Å². The molecule has 114 valence electrons. The van der Waals surface area contributed by atoms with Crippen LogP contribution in [0.25, 0.3) is 11.3 Å². The summed E-state index contributed by atoms with van der Waals surface area (Å²) in [7, 11) is 1.71. The average molecular weight is 306 g/mol. The number of nitrogens with zero attached hydrogens (tertiary/aromatic N) is 1. The van der Waals surface area contributed by atoms with E-state index < -0.39 is 0 Å². The van der Waals surface area contributed by atoms with Crippen LogP contribution in [0.1, 0.15) is 16.8 Å². The summed E-state index contributed by atoms with van der Waals surface area (Å²) in [5.41, 5.74) is 7.78. The molecule has 5 heteroatoms. The van der Waals surface area contributed by atoms with Gasteiger partial charge in [-0.1, -0.05) is 12.1 Å². The lowest BCUT2D eigenvalue weighted by Crippen LogP contribution is -2.02. The van der Waals surface area contributed by atoms with Crippen molar-refractivity contribution in [2.24, 2.45) is 5.73 Å². The number of thiazole rings is 1. The summed E-state index contributed by atoms with van der Waals surface area (Å²) in [6.07, 6.45) is 1.66. The van der Waals surface area contributed by atoms with Crippen LogP contribution in [0.15, 0.2) is 24.3 Å². The fourth-order valence-electron chi connectivity index (χ4n) is 2.15. The predicted molar refractivity (Wildman–Crippen MR) is 87.1 cm³/mol. The van der Waals surface area contributed by atoms with Crippen molar-refractivity contribution in [3.63, 3.8) is 0 Å². The van der Waals surface area contributed by atoms with Crippen LogP contribution in [0.5, 0.6) is 5.75 Å². The molecule has 0 aliphatic heterocycles. The third kappa shape index (κ3) is 4.03. The number of ether oxygens (including phenoxy) is 2. The number of benzene rings is 1. The van der Waals surface area contributed by atoms with Gasteiger partial charge in [-0.15, -0.1) is 11.3 Å². The van der Waals surface area contributed by atoms with Crippen LogP contribution in [0.4, 0.5) is 0 Å². The summed E-state index contributed by atoms with van der Waals surface area (Å²) >= 11 is 1.72. The van der Waals surface area contributed by atoms with Crippen molar-refractivity contribution < 1.29 is 9.47 Å².